The number of hydrogen-bond acceptors (Lipinski definition) is 3. The van der Waals surface area contributed by atoms with Crippen LogP contribution in [0.5, 0.6) is 0 Å². The summed E-state index contributed by atoms with van der Waals surface area (Å²) >= 11 is 0. The van der Waals surface area contributed by atoms with Gasteiger partial charge in [0, 0.05) is 6.08 Å². The molecule has 2 aromatic rings. The lowest BCUT2D eigenvalue weighted by Crippen LogP contribution is -2.54. The molecule has 0 spiro atoms. The van der Waals surface area contributed by atoms with E-state index in [0.29, 0.717) is 5.69 Å². The molecule has 2 N–H and O–H groups in total. The van der Waals surface area contributed by atoms with Crippen molar-refractivity contribution in [1.29, 1.82) is 0 Å². The number of hydrogen-bond donors (Lipinski definition) is 2. The van der Waals surface area contributed by atoms with Gasteiger partial charge in [0.05, 0.1) is 5.69 Å². The standard InChI is InChI=1S/C21H24N2O3/c1-3-21(26,4-2)20(25)22-23(18-13-9-6-10-14-18)19(24)16-15-17-11-7-5-8-12-17/h5-16,26H,3-4H2,1-2H3,(H,22,25)/b16-15+. The van der Waals surface area contributed by atoms with Gasteiger partial charge in [-0.1, -0.05) is 62.4 Å². The van der Waals surface area contributed by atoms with Gasteiger partial charge in [-0.25, -0.2) is 5.01 Å². The van der Waals surface area contributed by atoms with E-state index in [1.807, 2.05) is 36.4 Å². The summed E-state index contributed by atoms with van der Waals surface area (Å²) in [4.78, 5) is 25.2. The third-order valence-corrected chi connectivity index (χ3v) is 4.26. The summed E-state index contributed by atoms with van der Waals surface area (Å²) in [7, 11) is 0. The second kappa shape index (κ2) is 8.97. The van der Waals surface area contributed by atoms with Gasteiger partial charge in [0.15, 0.2) is 0 Å². The second-order valence-corrected chi connectivity index (χ2v) is 5.93. The van der Waals surface area contributed by atoms with E-state index in [1.165, 1.54) is 6.08 Å². The first-order chi connectivity index (χ1) is 12.5. The number of amides is 2. The Morgan fingerprint density at radius 1 is 1.00 bits per heavy atom. The van der Waals surface area contributed by atoms with Crippen molar-refractivity contribution < 1.29 is 14.7 Å². The van der Waals surface area contributed by atoms with Gasteiger partial charge in [0.1, 0.15) is 5.60 Å². The van der Waals surface area contributed by atoms with Crippen molar-refractivity contribution in [3.63, 3.8) is 0 Å². The Bertz CT molecular complexity index is 753. The summed E-state index contributed by atoms with van der Waals surface area (Å²) in [6.45, 7) is 3.46. The summed E-state index contributed by atoms with van der Waals surface area (Å²) in [6, 6.07) is 18.2. The van der Waals surface area contributed by atoms with Crippen molar-refractivity contribution in [2.24, 2.45) is 0 Å². The zero-order chi connectivity index (χ0) is 19.0. The largest absolute Gasteiger partial charge is 0.380 e. The fourth-order valence-electron chi connectivity index (χ4n) is 2.41. The summed E-state index contributed by atoms with van der Waals surface area (Å²) in [5, 5.41) is 11.6. The number of hydrazine groups is 1. The van der Waals surface area contributed by atoms with Crippen LogP contribution >= 0.6 is 0 Å². The molecule has 0 unspecified atom stereocenters. The van der Waals surface area contributed by atoms with E-state index in [2.05, 4.69) is 5.43 Å². The number of carbonyl (C=O) groups excluding carboxylic acids is 2. The summed E-state index contributed by atoms with van der Waals surface area (Å²) in [5.41, 5.74) is 2.42. The topological polar surface area (TPSA) is 69.6 Å². The van der Waals surface area contributed by atoms with E-state index in [0.717, 1.165) is 10.6 Å². The van der Waals surface area contributed by atoms with Crippen LogP contribution in [0, 0.1) is 0 Å². The van der Waals surface area contributed by atoms with Crippen molar-refractivity contribution in [3.8, 4) is 0 Å². The van der Waals surface area contributed by atoms with E-state index in [1.54, 1.807) is 44.2 Å². The lowest BCUT2D eigenvalue weighted by Gasteiger charge is -2.29. The molecule has 2 aromatic carbocycles. The maximum absolute atomic E-state index is 12.7. The number of carbonyl (C=O) groups is 2. The minimum Gasteiger partial charge on any atom is -0.380 e. The minimum atomic E-state index is -1.52. The highest BCUT2D eigenvalue weighted by atomic mass is 16.3. The Balaban J connectivity index is 2.26. The Morgan fingerprint density at radius 3 is 2.08 bits per heavy atom. The number of benzene rings is 2. The van der Waals surface area contributed by atoms with Gasteiger partial charge in [-0.15, -0.1) is 0 Å². The van der Waals surface area contributed by atoms with E-state index < -0.39 is 17.4 Å². The molecule has 5 heteroatoms. The summed E-state index contributed by atoms with van der Waals surface area (Å²) < 4.78 is 0. The van der Waals surface area contributed by atoms with E-state index in [4.69, 9.17) is 0 Å². The third-order valence-electron chi connectivity index (χ3n) is 4.26. The van der Waals surface area contributed by atoms with Crippen molar-refractivity contribution >= 4 is 23.6 Å². The van der Waals surface area contributed by atoms with Gasteiger partial charge in [0.25, 0.3) is 11.8 Å². The van der Waals surface area contributed by atoms with Crippen LogP contribution in [-0.4, -0.2) is 22.5 Å². The van der Waals surface area contributed by atoms with Gasteiger partial charge in [-0.3, -0.25) is 15.0 Å². The molecule has 26 heavy (non-hydrogen) atoms. The van der Waals surface area contributed by atoms with Crippen LogP contribution in [-0.2, 0) is 9.59 Å². The molecule has 0 aliphatic rings. The van der Waals surface area contributed by atoms with Crippen LogP contribution in [0.15, 0.2) is 66.7 Å². The fraction of sp³-hybridized carbons (Fsp3) is 0.238. The molecule has 136 valence electrons. The highest BCUT2D eigenvalue weighted by Gasteiger charge is 2.34. The lowest BCUT2D eigenvalue weighted by atomic mass is 9.97. The maximum Gasteiger partial charge on any atom is 0.270 e. The Kier molecular flexibility index (Phi) is 6.69. The molecule has 0 heterocycles. The Hall–Kier alpha value is -2.92. The van der Waals surface area contributed by atoms with E-state index in [-0.39, 0.29) is 12.8 Å². The molecule has 5 nitrogen and oxygen atoms in total. The molecule has 0 atom stereocenters. The van der Waals surface area contributed by atoms with Crippen LogP contribution in [0.4, 0.5) is 5.69 Å². The molecule has 0 aromatic heterocycles. The second-order valence-electron chi connectivity index (χ2n) is 5.93. The summed E-state index contributed by atoms with van der Waals surface area (Å²) in [6.07, 6.45) is 3.58. The first-order valence-corrected chi connectivity index (χ1v) is 8.66. The van der Waals surface area contributed by atoms with Crippen molar-refractivity contribution in [2.75, 3.05) is 5.01 Å². The number of nitrogens with one attached hydrogen (secondary N) is 1. The van der Waals surface area contributed by atoms with Crippen LogP contribution in [0.3, 0.4) is 0 Å². The van der Waals surface area contributed by atoms with Crippen molar-refractivity contribution in [3.05, 3.63) is 72.3 Å². The number of para-hydroxylation sites is 1. The predicted octanol–water partition coefficient (Wildman–Crippen LogP) is 3.32. The average Bonchev–Trinajstić information content (AvgIpc) is 2.70. The third kappa shape index (κ3) is 4.80. The molecular formula is C21H24N2O3. The molecule has 2 amide bonds. The zero-order valence-corrected chi connectivity index (χ0v) is 15.1. The van der Waals surface area contributed by atoms with Crippen molar-refractivity contribution in [1.82, 2.24) is 5.43 Å². The average molecular weight is 352 g/mol. The Morgan fingerprint density at radius 2 is 1.54 bits per heavy atom. The fourth-order valence-corrected chi connectivity index (χ4v) is 2.41. The zero-order valence-electron chi connectivity index (χ0n) is 15.1. The van der Waals surface area contributed by atoms with Crippen LogP contribution < -0.4 is 10.4 Å². The van der Waals surface area contributed by atoms with Gasteiger partial charge in [-0.2, -0.15) is 0 Å². The first-order valence-electron chi connectivity index (χ1n) is 8.66. The van der Waals surface area contributed by atoms with Crippen molar-refractivity contribution in [2.45, 2.75) is 32.3 Å². The molecular weight excluding hydrogens is 328 g/mol. The molecule has 0 radical (unpaired) electrons. The molecule has 0 aliphatic heterocycles. The smallest absolute Gasteiger partial charge is 0.270 e. The van der Waals surface area contributed by atoms with E-state index in [9.17, 15) is 14.7 Å². The van der Waals surface area contributed by atoms with Gasteiger partial charge in [0.2, 0.25) is 0 Å². The lowest BCUT2D eigenvalue weighted by molar-refractivity contribution is -0.141. The van der Waals surface area contributed by atoms with Crippen LogP contribution in [0.2, 0.25) is 0 Å². The quantitative estimate of drug-likeness (QED) is 0.619. The highest BCUT2D eigenvalue weighted by molar-refractivity contribution is 6.05. The monoisotopic (exact) mass is 352 g/mol. The molecule has 0 saturated carbocycles. The molecule has 2 rings (SSSR count). The maximum atomic E-state index is 12.7. The molecule has 0 saturated heterocycles. The van der Waals surface area contributed by atoms with E-state index >= 15 is 0 Å². The van der Waals surface area contributed by atoms with Crippen LogP contribution in [0.1, 0.15) is 32.3 Å². The van der Waals surface area contributed by atoms with Gasteiger partial charge >= 0.3 is 0 Å². The van der Waals surface area contributed by atoms with Gasteiger partial charge in [-0.05, 0) is 36.6 Å². The summed E-state index contributed by atoms with van der Waals surface area (Å²) in [5.74, 6) is -1.02. The number of aliphatic hydroxyl groups is 1. The van der Waals surface area contributed by atoms with Crippen LogP contribution in [0.25, 0.3) is 6.08 Å². The normalized spacial score (nSPS) is 11.3. The number of rotatable bonds is 6. The molecule has 0 fully saturated rings. The number of anilines is 1. The number of nitrogens with zero attached hydrogens (tertiary/aromatic N) is 1. The highest BCUT2D eigenvalue weighted by Crippen LogP contribution is 2.17. The minimum absolute atomic E-state index is 0.256. The SMILES string of the molecule is CCC(O)(CC)C(=O)NN(C(=O)/C=C/c1ccccc1)c1ccccc1. The molecule has 0 bridgehead atoms. The first kappa shape index (κ1) is 19.4. The van der Waals surface area contributed by atoms with Gasteiger partial charge < -0.3 is 5.11 Å². The molecule has 0 aliphatic carbocycles. The Labute approximate surface area is 153 Å². The predicted molar refractivity (Wildman–Crippen MR) is 103 cm³/mol.